The highest BCUT2D eigenvalue weighted by Gasteiger charge is 2.27. The number of para-hydroxylation sites is 2. The minimum Gasteiger partial charge on any atom is -0.423 e. The lowest BCUT2D eigenvalue weighted by atomic mass is 9.96. The van der Waals surface area contributed by atoms with Gasteiger partial charge in [0.1, 0.15) is 5.52 Å². The normalized spacial score (nSPS) is 15.1. The van der Waals surface area contributed by atoms with Crippen LogP contribution in [0.3, 0.4) is 0 Å². The number of benzene rings is 2. The number of anilines is 2. The minimum atomic E-state index is -0.0244. The van der Waals surface area contributed by atoms with E-state index in [1.54, 1.807) is 6.20 Å². The van der Waals surface area contributed by atoms with Crippen LogP contribution in [0.5, 0.6) is 0 Å². The van der Waals surface area contributed by atoms with Gasteiger partial charge >= 0.3 is 0 Å². The molecule has 0 atom stereocenters. The Morgan fingerprint density at radius 1 is 1.10 bits per heavy atom. The van der Waals surface area contributed by atoms with Crippen LogP contribution in [0.4, 0.5) is 11.7 Å². The van der Waals surface area contributed by atoms with E-state index in [0.29, 0.717) is 6.01 Å². The summed E-state index contributed by atoms with van der Waals surface area (Å²) in [6.07, 6.45) is 3.32. The van der Waals surface area contributed by atoms with Crippen molar-refractivity contribution in [2.75, 3.05) is 23.3 Å². The lowest BCUT2D eigenvalue weighted by Gasteiger charge is -2.30. The Bertz CT molecular complexity index is 1160. The highest BCUT2D eigenvalue weighted by molar-refractivity contribution is 6.02. The summed E-state index contributed by atoms with van der Waals surface area (Å²) in [5, 5.41) is 4.10. The Morgan fingerprint density at radius 3 is 2.76 bits per heavy atom. The SMILES string of the molecule is Cc1ccc(NC(=O)C2CCN(c3nc4ccccc4o3)CC2)c2cccnc12. The molecule has 0 saturated carbocycles. The molecule has 6 nitrogen and oxygen atoms in total. The summed E-state index contributed by atoms with van der Waals surface area (Å²) in [5.41, 5.74) is 4.51. The molecule has 1 fully saturated rings. The number of nitrogens with one attached hydrogen (secondary N) is 1. The Kier molecular flexibility index (Phi) is 4.39. The lowest BCUT2D eigenvalue weighted by molar-refractivity contribution is -0.120. The highest BCUT2D eigenvalue weighted by atomic mass is 16.4. The van der Waals surface area contributed by atoms with Crippen molar-refractivity contribution in [2.24, 2.45) is 5.92 Å². The van der Waals surface area contributed by atoms with Gasteiger partial charge in [-0.3, -0.25) is 9.78 Å². The van der Waals surface area contributed by atoms with Crippen molar-refractivity contribution >= 4 is 39.6 Å². The van der Waals surface area contributed by atoms with Crippen molar-refractivity contribution in [2.45, 2.75) is 19.8 Å². The van der Waals surface area contributed by atoms with Gasteiger partial charge in [0.05, 0.1) is 11.2 Å². The molecule has 1 amide bonds. The zero-order valence-corrected chi connectivity index (χ0v) is 16.3. The second-order valence-electron chi connectivity index (χ2n) is 7.54. The van der Waals surface area contributed by atoms with Crippen LogP contribution in [-0.2, 0) is 4.79 Å². The van der Waals surface area contributed by atoms with E-state index in [0.717, 1.165) is 59.2 Å². The molecule has 1 saturated heterocycles. The van der Waals surface area contributed by atoms with E-state index in [1.165, 1.54) is 0 Å². The van der Waals surface area contributed by atoms with E-state index >= 15 is 0 Å². The average molecular weight is 386 g/mol. The van der Waals surface area contributed by atoms with Crippen LogP contribution in [-0.4, -0.2) is 29.0 Å². The molecule has 1 aliphatic rings. The van der Waals surface area contributed by atoms with E-state index < -0.39 is 0 Å². The van der Waals surface area contributed by atoms with Crippen molar-refractivity contribution in [3.05, 3.63) is 60.3 Å². The van der Waals surface area contributed by atoms with Gasteiger partial charge in [0.15, 0.2) is 5.58 Å². The smallest absolute Gasteiger partial charge is 0.298 e. The molecule has 4 aromatic rings. The maximum Gasteiger partial charge on any atom is 0.298 e. The van der Waals surface area contributed by atoms with E-state index in [9.17, 15) is 4.79 Å². The zero-order valence-electron chi connectivity index (χ0n) is 16.3. The molecule has 5 rings (SSSR count). The quantitative estimate of drug-likeness (QED) is 0.560. The van der Waals surface area contributed by atoms with E-state index in [4.69, 9.17) is 4.42 Å². The second-order valence-corrected chi connectivity index (χ2v) is 7.54. The third-order valence-electron chi connectivity index (χ3n) is 5.65. The number of rotatable bonds is 3. The Labute approximate surface area is 168 Å². The van der Waals surface area contributed by atoms with Crippen LogP contribution < -0.4 is 10.2 Å². The van der Waals surface area contributed by atoms with Crippen LogP contribution in [0.1, 0.15) is 18.4 Å². The third-order valence-corrected chi connectivity index (χ3v) is 5.65. The third kappa shape index (κ3) is 3.31. The molecule has 0 radical (unpaired) electrons. The summed E-state index contributed by atoms with van der Waals surface area (Å²) in [7, 11) is 0. The monoisotopic (exact) mass is 386 g/mol. The number of aromatic nitrogens is 2. The summed E-state index contributed by atoms with van der Waals surface area (Å²) >= 11 is 0. The summed E-state index contributed by atoms with van der Waals surface area (Å²) in [6, 6.07) is 16.3. The predicted molar refractivity (Wildman–Crippen MR) is 114 cm³/mol. The van der Waals surface area contributed by atoms with Crippen molar-refractivity contribution < 1.29 is 9.21 Å². The van der Waals surface area contributed by atoms with E-state index in [2.05, 4.69) is 20.2 Å². The standard InChI is InChI=1S/C23H22N4O2/c1-15-8-9-18(17-5-4-12-24-21(15)17)25-22(28)16-10-13-27(14-11-16)23-26-19-6-2-3-7-20(19)29-23/h2-9,12,16H,10-11,13-14H2,1H3,(H,25,28). The van der Waals surface area contributed by atoms with Crippen molar-refractivity contribution in [3.8, 4) is 0 Å². The lowest BCUT2D eigenvalue weighted by Crippen LogP contribution is -2.38. The largest absolute Gasteiger partial charge is 0.423 e. The molecule has 0 bridgehead atoms. The highest BCUT2D eigenvalue weighted by Crippen LogP contribution is 2.29. The van der Waals surface area contributed by atoms with Crippen LogP contribution in [0.15, 0.2) is 59.1 Å². The molecule has 1 aliphatic heterocycles. The number of pyridine rings is 1. The van der Waals surface area contributed by atoms with Crippen molar-refractivity contribution in [1.29, 1.82) is 0 Å². The molecule has 6 heteroatoms. The van der Waals surface area contributed by atoms with Gasteiger partial charge in [-0.15, -0.1) is 0 Å². The number of aryl methyl sites for hydroxylation is 1. The molecular formula is C23H22N4O2. The van der Waals surface area contributed by atoms with Gasteiger partial charge < -0.3 is 14.6 Å². The first-order chi connectivity index (χ1) is 14.2. The fraction of sp³-hybridized carbons (Fsp3) is 0.261. The number of hydrogen-bond donors (Lipinski definition) is 1. The average Bonchev–Trinajstić information content (AvgIpc) is 3.20. The molecule has 2 aromatic carbocycles. The first-order valence-corrected chi connectivity index (χ1v) is 9.95. The molecule has 0 spiro atoms. The summed E-state index contributed by atoms with van der Waals surface area (Å²) in [5.74, 6) is 0.0416. The molecule has 0 unspecified atom stereocenters. The van der Waals surface area contributed by atoms with Crippen LogP contribution in [0.25, 0.3) is 22.0 Å². The molecule has 2 aromatic heterocycles. The number of fused-ring (bicyclic) bond motifs is 2. The van der Waals surface area contributed by atoms with Gasteiger partial charge in [0, 0.05) is 30.6 Å². The van der Waals surface area contributed by atoms with Crippen LogP contribution in [0, 0.1) is 12.8 Å². The topological polar surface area (TPSA) is 71.3 Å². The van der Waals surface area contributed by atoms with Gasteiger partial charge in [-0.1, -0.05) is 18.2 Å². The molecule has 3 heterocycles. The number of piperidine rings is 1. The van der Waals surface area contributed by atoms with Gasteiger partial charge in [0.25, 0.3) is 6.01 Å². The first kappa shape index (κ1) is 17.7. The first-order valence-electron chi connectivity index (χ1n) is 9.95. The zero-order chi connectivity index (χ0) is 19.8. The Balaban J connectivity index is 1.27. The van der Waals surface area contributed by atoms with Gasteiger partial charge in [-0.2, -0.15) is 4.98 Å². The summed E-state index contributed by atoms with van der Waals surface area (Å²) in [4.78, 5) is 24.0. The maximum atomic E-state index is 12.9. The van der Waals surface area contributed by atoms with E-state index in [1.807, 2.05) is 55.5 Å². The second kappa shape index (κ2) is 7.20. The number of nitrogens with zero attached hydrogens (tertiary/aromatic N) is 3. The Hall–Kier alpha value is -3.41. The van der Waals surface area contributed by atoms with E-state index in [-0.39, 0.29) is 11.8 Å². The van der Waals surface area contributed by atoms with Crippen molar-refractivity contribution in [1.82, 2.24) is 9.97 Å². The molecule has 29 heavy (non-hydrogen) atoms. The number of oxazole rings is 1. The number of carbonyl (C=O) groups is 1. The predicted octanol–water partition coefficient (Wildman–Crippen LogP) is 4.54. The molecule has 1 N–H and O–H groups in total. The maximum absolute atomic E-state index is 12.9. The number of hydrogen-bond acceptors (Lipinski definition) is 5. The van der Waals surface area contributed by atoms with Crippen LogP contribution in [0.2, 0.25) is 0 Å². The Morgan fingerprint density at radius 2 is 1.93 bits per heavy atom. The fourth-order valence-corrected chi connectivity index (χ4v) is 3.99. The summed E-state index contributed by atoms with van der Waals surface area (Å²) < 4.78 is 5.87. The fourth-order valence-electron chi connectivity index (χ4n) is 3.99. The van der Waals surface area contributed by atoms with Crippen LogP contribution >= 0.6 is 0 Å². The van der Waals surface area contributed by atoms with Gasteiger partial charge in [0.2, 0.25) is 5.91 Å². The van der Waals surface area contributed by atoms with Gasteiger partial charge in [-0.25, -0.2) is 0 Å². The number of amides is 1. The van der Waals surface area contributed by atoms with Gasteiger partial charge in [-0.05, 0) is 55.7 Å². The molecule has 146 valence electrons. The molecule has 0 aliphatic carbocycles. The number of carbonyl (C=O) groups excluding carboxylic acids is 1. The minimum absolute atomic E-state index is 0.0244. The van der Waals surface area contributed by atoms with Crippen molar-refractivity contribution in [3.63, 3.8) is 0 Å². The summed E-state index contributed by atoms with van der Waals surface area (Å²) in [6.45, 7) is 3.53. The molecular weight excluding hydrogens is 364 g/mol.